The van der Waals surface area contributed by atoms with E-state index in [2.05, 4.69) is 22.8 Å². The molecule has 1 heterocycles. The third-order valence-corrected chi connectivity index (χ3v) is 9.20. The minimum absolute atomic E-state index is 0.163. The summed E-state index contributed by atoms with van der Waals surface area (Å²) < 4.78 is 10.6. The maximum atomic E-state index is 13.8. The van der Waals surface area contributed by atoms with Crippen molar-refractivity contribution < 1.29 is 33.8 Å². The number of allylic oxidation sites excluding steroid dienone is 2. The number of carbonyl (C=O) groups excluding carboxylic acids is 4. The molecule has 1 aromatic carbocycles. The van der Waals surface area contributed by atoms with Gasteiger partial charge < -0.3 is 30.9 Å². The quantitative estimate of drug-likeness (QED) is 0.209. The number of Topliss-reactive ketones (excluding diaryl/α,β-unsaturated/α-hetero) is 1. The molecule has 1 aliphatic heterocycles. The fraction of sp³-hybridized carbons (Fsp3) is 0.613. The van der Waals surface area contributed by atoms with Gasteiger partial charge in [-0.25, -0.2) is 0 Å². The Balaban J connectivity index is 1.55. The van der Waals surface area contributed by atoms with Crippen LogP contribution in [-0.4, -0.2) is 66.1 Å². The second-order valence-electron chi connectivity index (χ2n) is 12.1. The van der Waals surface area contributed by atoms with Crippen molar-refractivity contribution in [3.05, 3.63) is 42.0 Å². The van der Waals surface area contributed by atoms with Gasteiger partial charge in [-0.05, 0) is 75.5 Å². The summed E-state index contributed by atoms with van der Waals surface area (Å²) in [5, 5.41) is 15.8. The summed E-state index contributed by atoms with van der Waals surface area (Å²) in [5.41, 5.74) is 4.56. The second kappa shape index (κ2) is 12.7. The number of aliphatic hydroxyl groups is 1. The van der Waals surface area contributed by atoms with Gasteiger partial charge in [0.15, 0.2) is 5.78 Å². The number of hydrogen-bond acceptors (Lipinski definition) is 7. The summed E-state index contributed by atoms with van der Waals surface area (Å²) in [7, 11) is 1.56. The molecule has 0 bridgehead atoms. The van der Waals surface area contributed by atoms with E-state index in [0.717, 1.165) is 18.4 Å². The molecule has 2 fully saturated rings. The maximum Gasteiger partial charge on any atom is 0.243 e. The Morgan fingerprint density at radius 1 is 1.05 bits per heavy atom. The van der Waals surface area contributed by atoms with Crippen molar-refractivity contribution in [3.63, 3.8) is 0 Å². The molecule has 0 aromatic heterocycles. The number of nitrogens with two attached hydrogens (primary N) is 1. The zero-order valence-corrected chi connectivity index (χ0v) is 24.2. The summed E-state index contributed by atoms with van der Waals surface area (Å²) in [6.07, 6.45) is 7.26. The van der Waals surface area contributed by atoms with Crippen molar-refractivity contribution in [1.82, 2.24) is 10.6 Å². The first-order valence-corrected chi connectivity index (χ1v) is 14.5. The van der Waals surface area contributed by atoms with E-state index in [1.54, 1.807) is 33.1 Å². The van der Waals surface area contributed by atoms with Crippen LogP contribution in [0.25, 0.3) is 0 Å². The zero-order valence-electron chi connectivity index (χ0n) is 24.2. The SMILES string of the molecule is COc1ccc(C[C@H](NC(=O)[C@H](C)C2(C(N)=O)CCC(O)CC2)C(=O)N[C@@H](CC2CC=CC2)C(=O)[C@@]2(C)CO2)cc1. The molecule has 1 saturated heterocycles. The van der Waals surface area contributed by atoms with E-state index >= 15 is 0 Å². The lowest BCUT2D eigenvalue weighted by Gasteiger charge is -2.40. The van der Waals surface area contributed by atoms with Crippen molar-refractivity contribution in [3.8, 4) is 5.75 Å². The number of primary amides is 1. The van der Waals surface area contributed by atoms with Gasteiger partial charge in [0.2, 0.25) is 17.7 Å². The van der Waals surface area contributed by atoms with Crippen molar-refractivity contribution in [1.29, 1.82) is 0 Å². The molecule has 1 saturated carbocycles. The molecule has 0 spiro atoms. The maximum absolute atomic E-state index is 13.8. The number of ketones is 1. The van der Waals surface area contributed by atoms with Crippen LogP contribution >= 0.6 is 0 Å². The highest BCUT2D eigenvalue weighted by Gasteiger charge is 2.51. The highest BCUT2D eigenvalue weighted by atomic mass is 16.6. The summed E-state index contributed by atoms with van der Waals surface area (Å²) in [5.74, 6) is -1.65. The zero-order chi connectivity index (χ0) is 29.8. The van der Waals surface area contributed by atoms with Crippen LogP contribution < -0.4 is 21.1 Å². The monoisotopic (exact) mass is 569 g/mol. The molecule has 10 heteroatoms. The lowest BCUT2D eigenvalue weighted by molar-refractivity contribution is -0.144. The lowest BCUT2D eigenvalue weighted by Crippen LogP contribution is -2.57. The molecule has 4 rings (SSSR count). The first-order valence-electron chi connectivity index (χ1n) is 14.5. The van der Waals surface area contributed by atoms with Gasteiger partial charge in [0.25, 0.3) is 0 Å². The van der Waals surface area contributed by atoms with Crippen molar-refractivity contribution in [2.45, 2.75) is 89.0 Å². The number of amides is 3. The third-order valence-electron chi connectivity index (χ3n) is 9.20. The van der Waals surface area contributed by atoms with E-state index in [-0.39, 0.29) is 31.0 Å². The van der Waals surface area contributed by atoms with Gasteiger partial charge in [-0.2, -0.15) is 0 Å². The van der Waals surface area contributed by atoms with Gasteiger partial charge in [-0.15, -0.1) is 0 Å². The lowest BCUT2D eigenvalue weighted by atomic mass is 9.65. The summed E-state index contributed by atoms with van der Waals surface area (Å²) in [6, 6.07) is 5.40. The number of epoxide rings is 1. The Hall–Kier alpha value is -3.24. The number of hydrogen-bond donors (Lipinski definition) is 4. The van der Waals surface area contributed by atoms with E-state index in [1.807, 2.05) is 12.1 Å². The molecule has 0 radical (unpaired) electrons. The molecular formula is C31H43N3O7. The highest BCUT2D eigenvalue weighted by Crippen LogP contribution is 2.42. The molecule has 4 atom stereocenters. The molecule has 10 nitrogen and oxygen atoms in total. The molecule has 5 N–H and O–H groups in total. The number of carbonyl (C=O) groups is 4. The predicted octanol–water partition coefficient (Wildman–Crippen LogP) is 1.96. The molecule has 3 amide bonds. The number of nitrogens with one attached hydrogen (secondary N) is 2. The van der Waals surface area contributed by atoms with Gasteiger partial charge in [0.05, 0.1) is 31.3 Å². The number of methoxy groups -OCH3 is 1. The minimum Gasteiger partial charge on any atom is -0.497 e. The fourth-order valence-electron chi connectivity index (χ4n) is 6.09. The average Bonchev–Trinajstić information content (AvgIpc) is 3.50. The number of benzene rings is 1. The van der Waals surface area contributed by atoms with Crippen LogP contribution in [-0.2, 0) is 30.3 Å². The van der Waals surface area contributed by atoms with Gasteiger partial charge in [0, 0.05) is 12.3 Å². The Bertz CT molecular complexity index is 1140. The summed E-state index contributed by atoms with van der Waals surface area (Å²) in [4.78, 5) is 53.4. The van der Waals surface area contributed by atoms with Gasteiger partial charge in [-0.3, -0.25) is 19.2 Å². The standard InChI is InChI=1S/C31H43N3O7/c1-19(31(29(32)39)14-12-22(35)13-15-31)27(37)34-25(17-21-8-10-23(40-3)11-9-21)28(38)33-24(16-20-6-4-5-7-20)26(36)30(2)18-41-30/h4-5,8-11,19-20,22,24-25,35H,6-7,12-18H2,1-3H3,(H2,32,39)(H,33,38)(H,34,37)/t19-,22?,24-,25-,30+,31?/m0/s1. The second-order valence-corrected chi connectivity index (χ2v) is 12.1. The summed E-state index contributed by atoms with van der Waals surface area (Å²) in [6.45, 7) is 3.68. The molecule has 41 heavy (non-hydrogen) atoms. The van der Waals surface area contributed by atoms with Crippen LogP contribution in [0.15, 0.2) is 36.4 Å². The number of ether oxygens (including phenoxy) is 2. The number of aliphatic hydroxyl groups excluding tert-OH is 1. The predicted molar refractivity (Wildman–Crippen MR) is 152 cm³/mol. The molecule has 3 aliphatic rings. The molecule has 2 aliphatic carbocycles. The van der Waals surface area contributed by atoms with E-state index in [9.17, 15) is 24.3 Å². The first-order chi connectivity index (χ1) is 19.5. The van der Waals surface area contributed by atoms with Crippen LogP contribution in [0, 0.1) is 17.3 Å². The first kappa shape index (κ1) is 30.7. The molecule has 0 unspecified atom stereocenters. The van der Waals surface area contributed by atoms with Gasteiger partial charge in [-0.1, -0.05) is 31.2 Å². The van der Waals surface area contributed by atoms with Crippen LogP contribution in [0.4, 0.5) is 0 Å². The van der Waals surface area contributed by atoms with Crippen LogP contribution in [0.5, 0.6) is 5.75 Å². The summed E-state index contributed by atoms with van der Waals surface area (Å²) >= 11 is 0. The van der Waals surface area contributed by atoms with Crippen molar-refractivity contribution in [2.24, 2.45) is 23.0 Å². The van der Waals surface area contributed by atoms with E-state index < -0.39 is 52.8 Å². The largest absolute Gasteiger partial charge is 0.497 e. The van der Waals surface area contributed by atoms with Crippen molar-refractivity contribution in [2.75, 3.05) is 13.7 Å². The molecule has 224 valence electrons. The molecular weight excluding hydrogens is 526 g/mol. The van der Waals surface area contributed by atoms with E-state index in [4.69, 9.17) is 15.2 Å². The molecule has 1 aromatic rings. The Kier molecular flexibility index (Phi) is 9.54. The van der Waals surface area contributed by atoms with Gasteiger partial charge >= 0.3 is 0 Å². The van der Waals surface area contributed by atoms with E-state index in [0.29, 0.717) is 31.6 Å². The minimum atomic E-state index is -1.11. The van der Waals surface area contributed by atoms with Crippen molar-refractivity contribution >= 4 is 23.5 Å². The Labute approximate surface area is 241 Å². The van der Waals surface area contributed by atoms with Crippen LogP contribution in [0.2, 0.25) is 0 Å². The fourth-order valence-corrected chi connectivity index (χ4v) is 6.09. The highest BCUT2D eigenvalue weighted by molar-refractivity contribution is 5.98. The van der Waals surface area contributed by atoms with E-state index in [1.165, 1.54) is 0 Å². The Morgan fingerprint density at radius 3 is 2.17 bits per heavy atom. The smallest absolute Gasteiger partial charge is 0.243 e. The normalized spacial score (nSPS) is 27.9. The average molecular weight is 570 g/mol. The van der Waals surface area contributed by atoms with Gasteiger partial charge in [0.1, 0.15) is 17.4 Å². The number of rotatable bonds is 13. The van der Waals surface area contributed by atoms with Crippen LogP contribution in [0.3, 0.4) is 0 Å². The third kappa shape index (κ3) is 7.16. The topological polar surface area (TPSA) is 160 Å². The van der Waals surface area contributed by atoms with Crippen LogP contribution in [0.1, 0.15) is 64.4 Å². The Morgan fingerprint density at radius 2 is 1.63 bits per heavy atom.